The average Bonchev–Trinajstić information content (AvgIpc) is 2.80. The van der Waals surface area contributed by atoms with E-state index in [4.69, 9.17) is 0 Å². The van der Waals surface area contributed by atoms with E-state index in [1.54, 1.807) is 6.33 Å². The number of fused-ring (bicyclic) bond motifs is 1. The lowest BCUT2D eigenvalue weighted by Crippen LogP contribution is -2.43. The average molecular weight is 244 g/mol. The first kappa shape index (κ1) is 11.2. The van der Waals surface area contributed by atoms with Gasteiger partial charge in [0, 0.05) is 25.7 Å². The molecule has 18 heavy (non-hydrogen) atoms. The van der Waals surface area contributed by atoms with Crippen molar-refractivity contribution in [2.45, 2.75) is 25.3 Å². The number of aromatic amines is 1. The first-order valence-corrected chi connectivity index (χ1v) is 6.24. The van der Waals surface area contributed by atoms with E-state index in [2.05, 4.69) is 26.9 Å². The highest BCUT2D eigenvalue weighted by molar-refractivity contribution is 5.87. The molecule has 1 aliphatic rings. The molecule has 2 heterocycles. The van der Waals surface area contributed by atoms with Crippen molar-refractivity contribution in [3.8, 4) is 0 Å². The number of nitrogens with zero attached hydrogens (tertiary/aromatic N) is 3. The van der Waals surface area contributed by atoms with Crippen LogP contribution in [0.1, 0.15) is 19.3 Å². The molecule has 0 spiro atoms. The van der Waals surface area contributed by atoms with Crippen LogP contribution < -0.4 is 4.90 Å². The van der Waals surface area contributed by atoms with Gasteiger partial charge in [-0.15, -0.1) is 0 Å². The molecule has 1 aliphatic carbocycles. The van der Waals surface area contributed by atoms with Gasteiger partial charge in [-0.2, -0.15) is 0 Å². The SMILES string of the molecule is CN(c1ncnc2[nH]ccc12)[C@H]1C[C@@H](CC=O)C1. The molecule has 1 saturated carbocycles. The number of carbonyl (C=O) groups excluding carboxylic acids is 1. The number of nitrogens with one attached hydrogen (secondary N) is 1. The van der Waals surface area contributed by atoms with Crippen LogP contribution in [0.25, 0.3) is 11.0 Å². The summed E-state index contributed by atoms with van der Waals surface area (Å²) in [5.74, 6) is 1.52. The van der Waals surface area contributed by atoms with E-state index >= 15 is 0 Å². The Morgan fingerprint density at radius 3 is 3.11 bits per heavy atom. The second kappa shape index (κ2) is 4.40. The quantitative estimate of drug-likeness (QED) is 0.832. The molecule has 2 aromatic rings. The van der Waals surface area contributed by atoms with Gasteiger partial charge in [0.1, 0.15) is 24.1 Å². The molecular formula is C13H16N4O. The fourth-order valence-corrected chi connectivity index (χ4v) is 2.66. The fourth-order valence-electron chi connectivity index (χ4n) is 2.66. The summed E-state index contributed by atoms with van der Waals surface area (Å²) in [7, 11) is 2.07. The summed E-state index contributed by atoms with van der Waals surface area (Å²) >= 11 is 0. The van der Waals surface area contributed by atoms with Crippen molar-refractivity contribution in [1.82, 2.24) is 15.0 Å². The van der Waals surface area contributed by atoms with Crippen molar-refractivity contribution in [2.24, 2.45) is 5.92 Å². The third kappa shape index (κ3) is 1.75. The molecule has 0 radical (unpaired) electrons. The molecule has 1 fully saturated rings. The summed E-state index contributed by atoms with van der Waals surface area (Å²) in [4.78, 5) is 24.3. The third-order valence-electron chi connectivity index (χ3n) is 3.86. The summed E-state index contributed by atoms with van der Waals surface area (Å²) in [5, 5.41) is 1.05. The number of carbonyl (C=O) groups is 1. The highest BCUT2D eigenvalue weighted by atomic mass is 16.1. The number of hydrogen-bond acceptors (Lipinski definition) is 4. The predicted molar refractivity (Wildman–Crippen MR) is 69.5 cm³/mol. The van der Waals surface area contributed by atoms with Crippen LogP contribution in [0.5, 0.6) is 0 Å². The monoisotopic (exact) mass is 244 g/mol. The zero-order valence-corrected chi connectivity index (χ0v) is 10.3. The molecule has 0 bridgehead atoms. The number of H-pyrrole nitrogens is 1. The standard InChI is InChI=1S/C13H16N4O/c1-17(10-6-9(7-10)3-5-18)13-11-2-4-14-12(11)15-8-16-13/h2,4-5,8-10H,3,6-7H2,1H3,(H,14,15,16)/t9-,10+. The molecule has 2 aromatic heterocycles. The number of aromatic nitrogens is 3. The van der Waals surface area contributed by atoms with Gasteiger partial charge in [-0.1, -0.05) is 0 Å². The molecular weight excluding hydrogens is 228 g/mol. The maximum atomic E-state index is 10.5. The summed E-state index contributed by atoms with van der Waals surface area (Å²) in [6.45, 7) is 0. The molecule has 0 unspecified atom stereocenters. The summed E-state index contributed by atoms with van der Waals surface area (Å²) in [6, 6.07) is 2.49. The molecule has 0 atom stereocenters. The van der Waals surface area contributed by atoms with E-state index < -0.39 is 0 Å². The van der Waals surface area contributed by atoms with Crippen LogP contribution in [0.2, 0.25) is 0 Å². The van der Waals surface area contributed by atoms with Gasteiger partial charge in [0.2, 0.25) is 0 Å². The lowest BCUT2D eigenvalue weighted by molar-refractivity contribution is -0.109. The first-order chi connectivity index (χ1) is 8.79. The van der Waals surface area contributed by atoms with E-state index in [1.807, 2.05) is 12.3 Å². The Balaban J connectivity index is 1.79. The normalized spacial score (nSPS) is 22.7. The van der Waals surface area contributed by atoms with Crippen LogP contribution in [0.4, 0.5) is 5.82 Å². The van der Waals surface area contributed by atoms with Gasteiger partial charge >= 0.3 is 0 Å². The van der Waals surface area contributed by atoms with Crippen LogP contribution in [-0.2, 0) is 4.79 Å². The smallest absolute Gasteiger partial charge is 0.142 e. The fraction of sp³-hybridized carbons (Fsp3) is 0.462. The maximum Gasteiger partial charge on any atom is 0.142 e. The summed E-state index contributed by atoms with van der Waals surface area (Å²) in [5.41, 5.74) is 0.871. The molecule has 0 aromatic carbocycles. The van der Waals surface area contributed by atoms with Gasteiger partial charge in [0.25, 0.3) is 0 Å². The molecule has 3 rings (SSSR count). The second-order valence-corrected chi connectivity index (χ2v) is 4.94. The molecule has 5 nitrogen and oxygen atoms in total. The molecule has 94 valence electrons. The van der Waals surface area contributed by atoms with Crippen molar-refractivity contribution in [3.05, 3.63) is 18.6 Å². The lowest BCUT2D eigenvalue weighted by Gasteiger charge is -2.41. The van der Waals surface area contributed by atoms with Gasteiger partial charge in [0.05, 0.1) is 5.39 Å². The molecule has 0 amide bonds. The van der Waals surface area contributed by atoms with Gasteiger partial charge in [0.15, 0.2) is 0 Å². The highest BCUT2D eigenvalue weighted by Crippen LogP contribution is 2.36. The Bertz CT molecular complexity index is 559. The molecule has 5 heteroatoms. The van der Waals surface area contributed by atoms with Crippen LogP contribution in [0.15, 0.2) is 18.6 Å². The highest BCUT2D eigenvalue weighted by Gasteiger charge is 2.32. The van der Waals surface area contributed by atoms with Crippen molar-refractivity contribution in [1.29, 1.82) is 0 Å². The minimum Gasteiger partial charge on any atom is -0.356 e. The summed E-state index contributed by atoms with van der Waals surface area (Å²) in [6.07, 6.45) is 7.33. The number of hydrogen-bond donors (Lipinski definition) is 1. The Kier molecular flexibility index (Phi) is 2.74. The van der Waals surface area contributed by atoms with E-state index in [0.29, 0.717) is 18.4 Å². The van der Waals surface area contributed by atoms with E-state index in [0.717, 1.165) is 36.0 Å². The predicted octanol–water partition coefficient (Wildman–Crippen LogP) is 1.76. The van der Waals surface area contributed by atoms with Crippen LogP contribution in [0, 0.1) is 5.92 Å². The van der Waals surface area contributed by atoms with Gasteiger partial charge < -0.3 is 14.7 Å². The minimum atomic E-state index is 0.489. The van der Waals surface area contributed by atoms with Gasteiger partial charge in [-0.25, -0.2) is 9.97 Å². The first-order valence-electron chi connectivity index (χ1n) is 6.24. The third-order valence-corrected chi connectivity index (χ3v) is 3.86. The maximum absolute atomic E-state index is 10.5. The minimum absolute atomic E-state index is 0.489. The Morgan fingerprint density at radius 2 is 2.33 bits per heavy atom. The number of aldehydes is 1. The zero-order valence-electron chi connectivity index (χ0n) is 10.3. The Morgan fingerprint density at radius 1 is 1.50 bits per heavy atom. The van der Waals surface area contributed by atoms with E-state index in [-0.39, 0.29) is 0 Å². The lowest BCUT2D eigenvalue weighted by atomic mass is 9.78. The Labute approximate surface area is 105 Å². The van der Waals surface area contributed by atoms with Crippen molar-refractivity contribution in [3.63, 3.8) is 0 Å². The van der Waals surface area contributed by atoms with Crippen LogP contribution in [-0.4, -0.2) is 34.3 Å². The van der Waals surface area contributed by atoms with Crippen LogP contribution in [0.3, 0.4) is 0 Å². The second-order valence-electron chi connectivity index (χ2n) is 4.94. The van der Waals surface area contributed by atoms with Gasteiger partial charge in [-0.05, 0) is 24.8 Å². The Hall–Kier alpha value is -1.91. The van der Waals surface area contributed by atoms with E-state index in [9.17, 15) is 4.79 Å². The van der Waals surface area contributed by atoms with Crippen molar-refractivity contribution < 1.29 is 4.79 Å². The molecule has 1 N–H and O–H groups in total. The zero-order chi connectivity index (χ0) is 12.5. The van der Waals surface area contributed by atoms with Crippen molar-refractivity contribution >= 4 is 23.1 Å². The largest absolute Gasteiger partial charge is 0.356 e. The summed E-state index contributed by atoms with van der Waals surface area (Å²) < 4.78 is 0. The molecule has 0 aliphatic heterocycles. The number of rotatable bonds is 4. The topological polar surface area (TPSA) is 61.9 Å². The van der Waals surface area contributed by atoms with E-state index in [1.165, 1.54) is 0 Å². The van der Waals surface area contributed by atoms with Gasteiger partial charge in [-0.3, -0.25) is 0 Å². The van der Waals surface area contributed by atoms with Crippen molar-refractivity contribution in [2.75, 3.05) is 11.9 Å². The number of anilines is 1. The van der Waals surface area contributed by atoms with Crippen LogP contribution >= 0.6 is 0 Å². The molecule has 0 saturated heterocycles.